The predicted molar refractivity (Wildman–Crippen MR) is 72.7 cm³/mol. The maximum absolute atomic E-state index is 5.82. The van der Waals surface area contributed by atoms with Gasteiger partial charge in [0.25, 0.3) is 0 Å². The summed E-state index contributed by atoms with van der Waals surface area (Å²) in [6, 6.07) is 4.76. The topological polar surface area (TPSA) is 37.0 Å². The first-order chi connectivity index (χ1) is 7.86. The van der Waals surface area contributed by atoms with Crippen molar-refractivity contribution in [3.8, 4) is 0 Å². The molecule has 1 fully saturated rings. The Balaban J connectivity index is 0.00000144. The molecule has 0 radical (unpaired) electrons. The molecule has 1 saturated heterocycles. The van der Waals surface area contributed by atoms with Gasteiger partial charge in [-0.25, -0.2) is 0 Å². The Hall–Kier alpha value is -0.510. The molecule has 1 aromatic rings. The fourth-order valence-corrected chi connectivity index (χ4v) is 2.24. The van der Waals surface area contributed by atoms with Gasteiger partial charge in [-0.15, -0.1) is 12.4 Å². The summed E-state index contributed by atoms with van der Waals surface area (Å²) in [5, 5.41) is 3.54. The third kappa shape index (κ3) is 4.70. The molecule has 0 saturated carbocycles. The molecule has 2 rings (SSSR count). The van der Waals surface area contributed by atoms with E-state index >= 15 is 0 Å². The lowest BCUT2D eigenvalue weighted by atomic mass is 10.0. The largest absolute Gasteiger partial charge is 0.372 e. The predicted octanol–water partition coefficient (Wildman–Crippen LogP) is 3.05. The van der Waals surface area contributed by atoms with Crippen LogP contribution in [0.4, 0.5) is 0 Å². The zero-order valence-corrected chi connectivity index (χ0v) is 11.3. The summed E-state index contributed by atoms with van der Waals surface area (Å²) in [6.07, 6.45) is 7.25. The normalized spacial score (nSPS) is 21.8. The number of rotatable bonds is 5. The van der Waals surface area contributed by atoms with Crippen molar-refractivity contribution in [2.24, 2.45) is 0 Å². The van der Waals surface area contributed by atoms with Crippen molar-refractivity contribution in [1.82, 2.24) is 10.3 Å². The minimum Gasteiger partial charge on any atom is -0.372 e. The van der Waals surface area contributed by atoms with E-state index in [1.165, 1.54) is 25.8 Å². The second-order valence-corrected chi connectivity index (χ2v) is 4.57. The van der Waals surface area contributed by atoms with E-state index in [0.717, 1.165) is 18.7 Å². The quantitative estimate of drug-likeness (QED) is 0.852. The number of hydrogen-bond donors (Lipinski definition) is 2. The van der Waals surface area contributed by atoms with Crippen LogP contribution in [0.15, 0.2) is 18.3 Å². The summed E-state index contributed by atoms with van der Waals surface area (Å²) in [5.41, 5.74) is 1.16. The SMILES string of the molecule is CC(OCCC1CCCCN1)c1ccc[nH]1.Cl. The number of halogens is 1. The Morgan fingerprint density at radius 3 is 3.00 bits per heavy atom. The first-order valence-corrected chi connectivity index (χ1v) is 6.34. The monoisotopic (exact) mass is 258 g/mol. The Bertz CT molecular complexity index is 284. The van der Waals surface area contributed by atoms with Crippen molar-refractivity contribution >= 4 is 12.4 Å². The van der Waals surface area contributed by atoms with E-state index in [2.05, 4.69) is 23.3 Å². The first-order valence-electron chi connectivity index (χ1n) is 6.34. The lowest BCUT2D eigenvalue weighted by Crippen LogP contribution is -2.34. The second-order valence-electron chi connectivity index (χ2n) is 4.57. The summed E-state index contributed by atoms with van der Waals surface area (Å²) in [6.45, 7) is 4.12. The van der Waals surface area contributed by atoms with Crippen molar-refractivity contribution < 1.29 is 4.74 Å². The molecule has 3 nitrogen and oxygen atoms in total. The minimum absolute atomic E-state index is 0. The summed E-state index contributed by atoms with van der Waals surface area (Å²) < 4.78 is 5.82. The molecule has 1 aliphatic heterocycles. The van der Waals surface area contributed by atoms with Gasteiger partial charge < -0.3 is 15.0 Å². The highest BCUT2D eigenvalue weighted by molar-refractivity contribution is 5.85. The van der Waals surface area contributed by atoms with Crippen LogP contribution in [0.3, 0.4) is 0 Å². The van der Waals surface area contributed by atoms with Gasteiger partial charge >= 0.3 is 0 Å². The van der Waals surface area contributed by atoms with Crippen LogP contribution in [0.25, 0.3) is 0 Å². The Morgan fingerprint density at radius 2 is 2.35 bits per heavy atom. The van der Waals surface area contributed by atoms with Gasteiger partial charge in [0.1, 0.15) is 0 Å². The fraction of sp³-hybridized carbons (Fsp3) is 0.692. The Kier molecular flexibility index (Phi) is 6.63. The van der Waals surface area contributed by atoms with Crippen LogP contribution in [-0.4, -0.2) is 24.2 Å². The van der Waals surface area contributed by atoms with Gasteiger partial charge in [0, 0.05) is 24.5 Å². The number of aromatic nitrogens is 1. The van der Waals surface area contributed by atoms with Crippen molar-refractivity contribution in [1.29, 1.82) is 0 Å². The molecule has 2 unspecified atom stereocenters. The average Bonchev–Trinajstić information content (AvgIpc) is 2.84. The van der Waals surface area contributed by atoms with E-state index in [-0.39, 0.29) is 18.5 Å². The smallest absolute Gasteiger partial charge is 0.0944 e. The van der Waals surface area contributed by atoms with Crippen LogP contribution < -0.4 is 5.32 Å². The molecule has 1 aromatic heterocycles. The summed E-state index contributed by atoms with van der Waals surface area (Å²) in [4.78, 5) is 3.18. The molecule has 0 amide bonds. The number of piperidine rings is 1. The molecule has 98 valence electrons. The van der Waals surface area contributed by atoms with Gasteiger partial charge in [-0.2, -0.15) is 0 Å². The lowest BCUT2D eigenvalue weighted by molar-refractivity contribution is 0.0549. The lowest BCUT2D eigenvalue weighted by Gasteiger charge is -2.23. The van der Waals surface area contributed by atoms with Crippen molar-refractivity contribution in [3.05, 3.63) is 24.0 Å². The van der Waals surface area contributed by atoms with Crippen LogP contribution in [0, 0.1) is 0 Å². The molecule has 4 heteroatoms. The van der Waals surface area contributed by atoms with Gasteiger partial charge in [0.15, 0.2) is 0 Å². The number of nitrogens with one attached hydrogen (secondary N) is 2. The molecule has 0 aliphatic carbocycles. The highest BCUT2D eigenvalue weighted by Crippen LogP contribution is 2.16. The zero-order chi connectivity index (χ0) is 11.2. The maximum Gasteiger partial charge on any atom is 0.0944 e. The third-order valence-electron chi connectivity index (χ3n) is 3.31. The second kappa shape index (κ2) is 7.75. The van der Waals surface area contributed by atoms with E-state index in [0.29, 0.717) is 6.04 Å². The fourth-order valence-electron chi connectivity index (χ4n) is 2.24. The minimum atomic E-state index is 0. The van der Waals surface area contributed by atoms with E-state index in [4.69, 9.17) is 4.74 Å². The molecular weight excluding hydrogens is 236 g/mol. The molecular formula is C13H23ClN2O. The number of H-pyrrole nitrogens is 1. The van der Waals surface area contributed by atoms with E-state index in [1.807, 2.05) is 12.3 Å². The van der Waals surface area contributed by atoms with E-state index in [1.54, 1.807) is 0 Å². The Labute approximate surface area is 110 Å². The van der Waals surface area contributed by atoms with Crippen LogP contribution in [0.2, 0.25) is 0 Å². The number of hydrogen-bond acceptors (Lipinski definition) is 2. The average molecular weight is 259 g/mol. The number of ether oxygens (including phenoxy) is 1. The van der Waals surface area contributed by atoms with Gasteiger partial charge in [0.2, 0.25) is 0 Å². The number of aromatic amines is 1. The highest BCUT2D eigenvalue weighted by Gasteiger charge is 2.13. The van der Waals surface area contributed by atoms with Crippen molar-refractivity contribution in [2.75, 3.05) is 13.2 Å². The molecule has 2 atom stereocenters. The molecule has 0 bridgehead atoms. The van der Waals surface area contributed by atoms with Crippen molar-refractivity contribution in [3.63, 3.8) is 0 Å². The Morgan fingerprint density at radius 1 is 1.47 bits per heavy atom. The van der Waals surface area contributed by atoms with E-state index < -0.39 is 0 Å². The molecule has 2 heterocycles. The molecule has 0 spiro atoms. The molecule has 17 heavy (non-hydrogen) atoms. The zero-order valence-electron chi connectivity index (χ0n) is 10.4. The molecule has 0 aromatic carbocycles. The van der Waals surface area contributed by atoms with E-state index in [9.17, 15) is 0 Å². The van der Waals surface area contributed by atoms with Crippen LogP contribution >= 0.6 is 12.4 Å². The van der Waals surface area contributed by atoms with Gasteiger partial charge in [-0.3, -0.25) is 0 Å². The summed E-state index contributed by atoms with van der Waals surface area (Å²) >= 11 is 0. The summed E-state index contributed by atoms with van der Waals surface area (Å²) in [7, 11) is 0. The van der Waals surface area contributed by atoms with Crippen molar-refractivity contribution in [2.45, 2.75) is 44.8 Å². The molecule has 1 aliphatic rings. The van der Waals surface area contributed by atoms with Crippen LogP contribution in [0.5, 0.6) is 0 Å². The maximum atomic E-state index is 5.82. The van der Waals surface area contributed by atoms with Gasteiger partial charge in [-0.05, 0) is 44.9 Å². The molecule has 2 N–H and O–H groups in total. The first kappa shape index (κ1) is 14.6. The van der Waals surface area contributed by atoms with Gasteiger partial charge in [-0.1, -0.05) is 6.42 Å². The standard InChI is InChI=1S/C13H22N2O.ClH/c1-11(13-6-4-9-15-13)16-10-7-12-5-2-3-8-14-12;/h4,6,9,11-12,14-15H,2-3,5,7-8,10H2,1H3;1H. The van der Waals surface area contributed by atoms with Crippen LogP contribution in [-0.2, 0) is 4.74 Å². The highest BCUT2D eigenvalue weighted by atomic mass is 35.5. The van der Waals surface area contributed by atoms with Gasteiger partial charge in [0.05, 0.1) is 6.10 Å². The third-order valence-corrected chi connectivity index (χ3v) is 3.31. The van der Waals surface area contributed by atoms with Crippen LogP contribution in [0.1, 0.15) is 44.4 Å². The summed E-state index contributed by atoms with van der Waals surface area (Å²) in [5.74, 6) is 0.